The van der Waals surface area contributed by atoms with Crippen LogP contribution in [0.15, 0.2) is 11.6 Å². The zero-order valence-corrected chi connectivity index (χ0v) is 9.75. The molecule has 0 aromatic heterocycles. The molecule has 0 aromatic rings. The minimum atomic E-state index is -0.770. The Kier molecular flexibility index (Phi) is 2.59. The molecule has 1 rings (SSSR count). The molecule has 0 amide bonds. The largest absolute Gasteiger partial charge is 0.111 e. The molecule has 1 heteroatoms. The van der Waals surface area contributed by atoms with Crippen molar-refractivity contribution in [2.24, 2.45) is 5.41 Å². The van der Waals surface area contributed by atoms with E-state index in [0.29, 0.717) is 5.41 Å². The smallest absolute Gasteiger partial charge is 0.0150 e. The molecular formula is C11H21P. The number of hydrogen-bond acceptors (Lipinski definition) is 0. The average Bonchev–Trinajstić information content (AvgIpc) is 1.83. The molecule has 1 heterocycles. The van der Waals surface area contributed by atoms with E-state index in [4.69, 9.17) is 0 Å². The fourth-order valence-corrected chi connectivity index (χ4v) is 3.22. The van der Waals surface area contributed by atoms with E-state index in [-0.39, 0.29) is 0 Å². The molecule has 0 saturated heterocycles. The van der Waals surface area contributed by atoms with Crippen molar-refractivity contribution in [2.75, 3.05) is 19.0 Å². The molecule has 0 N–H and O–H groups in total. The summed E-state index contributed by atoms with van der Waals surface area (Å²) in [6, 6.07) is 0. The molecule has 0 nitrogen and oxygen atoms in total. The van der Waals surface area contributed by atoms with Crippen molar-refractivity contribution in [1.29, 1.82) is 0 Å². The van der Waals surface area contributed by atoms with Crippen molar-refractivity contribution in [1.82, 2.24) is 0 Å². The summed E-state index contributed by atoms with van der Waals surface area (Å²) in [5.74, 6) is 0. The van der Waals surface area contributed by atoms with Gasteiger partial charge in [0.2, 0.25) is 0 Å². The van der Waals surface area contributed by atoms with E-state index in [2.05, 4.69) is 39.8 Å². The van der Waals surface area contributed by atoms with Crippen LogP contribution in [-0.2, 0) is 0 Å². The average molecular weight is 184 g/mol. The van der Waals surface area contributed by atoms with Gasteiger partial charge in [0.1, 0.15) is 0 Å². The second kappa shape index (κ2) is 3.07. The highest BCUT2D eigenvalue weighted by molar-refractivity contribution is 7.73. The Morgan fingerprint density at radius 1 is 1.42 bits per heavy atom. The summed E-state index contributed by atoms with van der Waals surface area (Å²) in [7, 11) is 0. The van der Waals surface area contributed by atoms with Crippen LogP contribution >= 0.6 is 6.89 Å². The maximum Gasteiger partial charge on any atom is -0.0150 e. The topological polar surface area (TPSA) is 0 Å². The van der Waals surface area contributed by atoms with Crippen LogP contribution in [0.2, 0.25) is 0 Å². The number of rotatable bonds is 0. The summed E-state index contributed by atoms with van der Waals surface area (Å²) in [5, 5.41) is 0. The van der Waals surface area contributed by atoms with Crippen molar-refractivity contribution >= 4 is 13.2 Å². The molecule has 0 aromatic carbocycles. The van der Waals surface area contributed by atoms with Gasteiger partial charge in [-0.25, -0.2) is 0 Å². The number of hydrogen-bond donors (Lipinski definition) is 0. The molecule has 70 valence electrons. The number of allylic oxidation sites excluding steroid dienone is 2. The highest BCUT2D eigenvalue weighted by atomic mass is 31.2. The van der Waals surface area contributed by atoms with Gasteiger partial charge < -0.3 is 0 Å². The van der Waals surface area contributed by atoms with Crippen LogP contribution in [0.3, 0.4) is 0 Å². The lowest BCUT2D eigenvalue weighted by Crippen LogP contribution is -2.15. The summed E-state index contributed by atoms with van der Waals surface area (Å²) in [6.07, 6.45) is 10.7. The fourth-order valence-electron chi connectivity index (χ4n) is 1.60. The van der Waals surface area contributed by atoms with E-state index in [1.165, 1.54) is 18.7 Å². The zero-order valence-electron chi connectivity index (χ0n) is 8.85. The van der Waals surface area contributed by atoms with Gasteiger partial charge in [-0.3, -0.25) is 0 Å². The van der Waals surface area contributed by atoms with Crippen LogP contribution in [0, 0.1) is 5.41 Å². The first-order valence-electron chi connectivity index (χ1n) is 4.70. The molecule has 0 saturated carbocycles. The van der Waals surface area contributed by atoms with Gasteiger partial charge >= 0.3 is 0 Å². The van der Waals surface area contributed by atoms with Crippen LogP contribution in [0.4, 0.5) is 0 Å². The minimum Gasteiger partial charge on any atom is -0.111 e. The predicted molar refractivity (Wildman–Crippen MR) is 61.9 cm³/mol. The highest BCUT2D eigenvalue weighted by Crippen LogP contribution is 2.47. The maximum atomic E-state index is 4.31. The van der Waals surface area contributed by atoms with Gasteiger partial charge in [0.15, 0.2) is 0 Å². The molecule has 0 spiro atoms. The van der Waals surface area contributed by atoms with Crippen LogP contribution in [0.5, 0.6) is 0 Å². The summed E-state index contributed by atoms with van der Waals surface area (Å²) < 4.78 is 0. The zero-order chi connectivity index (χ0) is 9.41. The third kappa shape index (κ3) is 2.52. The SMILES string of the molecule is C=P1(C)CC=C(C(C)(C)C)CC1. The third-order valence-electron chi connectivity index (χ3n) is 2.66. The van der Waals surface area contributed by atoms with E-state index in [9.17, 15) is 0 Å². The van der Waals surface area contributed by atoms with E-state index in [0.717, 1.165) is 0 Å². The monoisotopic (exact) mass is 184 g/mol. The third-order valence-corrected chi connectivity index (χ3v) is 5.03. The van der Waals surface area contributed by atoms with Gasteiger partial charge in [-0.1, -0.05) is 32.4 Å². The Morgan fingerprint density at radius 2 is 2.00 bits per heavy atom. The van der Waals surface area contributed by atoms with Crippen molar-refractivity contribution in [3.63, 3.8) is 0 Å². The van der Waals surface area contributed by atoms with Gasteiger partial charge in [-0.2, -0.15) is 0 Å². The summed E-state index contributed by atoms with van der Waals surface area (Å²) in [5.41, 5.74) is 2.03. The molecule has 12 heavy (non-hydrogen) atoms. The lowest BCUT2D eigenvalue weighted by molar-refractivity contribution is 0.486. The second-order valence-electron chi connectivity index (χ2n) is 5.26. The van der Waals surface area contributed by atoms with Crippen LogP contribution in [0.1, 0.15) is 27.2 Å². The minimum absolute atomic E-state index is 0.389. The summed E-state index contributed by atoms with van der Waals surface area (Å²) in [6.45, 7) is 8.52. The van der Waals surface area contributed by atoms with Gasteiger partial charge in [0.25, 0.3) is 0 Å². The molecule has 0 fully saturated rings. The first-order chi connectivity index (χ1) is 5.31. The van der Waals surface area contributed by atoms with Crippen LogP contribution in [0.25, 0.3) is 0 Å². The quantitative estimate of drug-likeness (QED) is 0.399. The van der Waals surface area contributed by atoms with Gasteiger partial charge in [-0.05, 0) is 30.8 Å². The Hall–Kier alpha value is 0.0400. The van der Waals surface area contributed by atoms with Crippen molar-refractivity contribution in [3.05, 3.63) is 11.6 Å². The molecule has 1 aliphatic rings. The van der Waals surface area contributed by atoms with Gasteiger partial charge in [0.05, 0.1) is 0 Å². The lowest BCUT2D eigenvalue weighted by Gasteiger charge is -2.31. The Balaban J connectivity index is 2.76. The van der Waals surface area contributed by atoms with E-state index in [1.807, 2.05) is 0 Å². The Labute approximate surface area is 77.0 Å². The molecule has 0 bridgehead atoms. The molecule has 0 aliphatic carbocycles. The van der Waals surface area contributed by atoms with Gasteiger partial charge in [-0.15, -0.1) is 13.2 Å². The molecule has 1 atom stereocenters. The van der Waals surface area contributed by atoms with Crippen molar-refractivity contribution < 1.29 is 0 Å². The Bertz CT molecular complexity index is 240. The maximum absolute atomic E-state index is 4.31. The van der Waals surface area contributed by atoms with Crippen molar-refractivity contribution in [3.8, 4) is 0 Å². The highest BCUT2D eigenvalue weighted by Gasteiger charge is 2.21. The molecule has 1 unspecified atom stereocenters. The van der Waals surface area contributed by atoms with E-state index >= 15 is 0 Å². The van der Waals surface area contributed by atoms with Gasteiger partial charge in [0, 0.05) is 0 Å². The van der Waals surface area contributed by atoms with E-state index in [1.54, 1.807) is 5.57 Å². The Morgan fingerprint density at radius 3 is 2.33 bits per heavy atom. The second-order valence-corrected chi connectivity index (χ2v) is 9.31. The lowest BCUT2D eigenvalue weighted by atomic mass is 9.85. The summed E-state index contributed by atoms with van der Waals surface area (Å²) in [4.78, 5) is 0. The molecular weight excluding hydrogens is 163 g/mol. The van der Waals surface area contributed by atoms with Crippen LogP contribution in [-0.4, -0.2) is 25.3 Å². The van der Waals surface area contributed by atoms with Crippen molar-refractivity contribution in [2.45, 2.75) is 27.2 Å². The van der Waals surface area contributed by atoms with E-state index < -0.39 is 6.89 Å². The first-order valence-corrected chi connectivity index (χ1v) is 7.49. The predicted octanol–water partition coefficient (Wildman–Crippen LogP) is 3.44. The van der Waals surface area contributed by atoms with Crippen LogP contribution < -0.4 is 0 Å². The standard InChI is InChI=1S/C11H21P/c1-11(2,3)10-6-8-12(4,5)9-7-10/h6H,4,7-9H2,1-3,5H3. The summed E-state index contributed by atoms with van der Waals surface area (Å²) >= 11 is 0. The molecule has 0 radical (unpaired) electrons. The first kappa shape index (κ1) is 10.1. The fraction of sp³-hybridized carbons (Fsp3) is 0.727. The normalized spacial score (nSPS) is 31.5. The molecule has 1 aliphatic heterocycles.